The van der Waals surface area contributed by atoms with Crippen molar-refractivity contribution in [2.45, 2.75) is 25.4 Å². The smallest absolute Gasteiger partial charge is 0.337 e. The van der Waals surface area contributed by atoms with Crippen LogP contribution in [0.15, 0.2) is 24.4 Å². The molecule has 0 fully saturated rings. The van der Waals surface area contributed by atoms with E-state index in [-0.39, 0.29) is 5.69 Å². The maximum Gasteiger partial charge on any atom is 0.451 e. The minimum Gasteiger partial charge on any atom is -0.337 e. The van der Waals surface area contributed by atoms with Gasteiger partial charge < -0.3 is 4.90 Å². The first kappa shape index (κ1) is 14.5. The highest BCUT2D eigenvalue weighted by atomic mass is 19.4. The van der Waals surface area contributed by atoms with Gasteiger partial charge in [0.25, 0.3) is 5.91 Å². The van der Waals surface area contributed by atoms with Gasteiger partial charge >= 0.3 is 6.18 Å². The second-order valence-electron chi connectivity index (χ2n) is 4.46. The molecule has 0 saturated heterocycles. The fourth-order valence-electron chi connectivity index (χ4n) is 1.96. The molecule has 108 valence electrons. The first-order valence-corrected chi connectivity index (χ1v) is 6.33. The van der Waals surface area contributed by atoms with Gasteiger partial charge in [0.1, 0.15) is 5.69 Å². The van der Waals surface area contributed by atoms with Crippen molar-refractivity contribution in [3.63, 3.8) is 0 Å². The van der Waals surface area contributed by atoms with E-state index in [0.717, 1.165) is 19.0 Å². The molecule has 4 nitrogen and oxygen atoms in total. The molecule has 2 rings (SSSR count). The summed E-state index contributed by atoms with van der Waals surface area (Å²) >= 11 is 0. The van der Waals surface area contributed by atoms with Crippen LogP contribution in [0.3, 0.4) is 0 Å². The Balaban J connectivity index is 2.18. The Bertz CT molecular complexity index is 514. The Kier molecular flexibility index (Phi) is 4.36. The van der Waals surface area contributed by atoms with Crippen LogP contribution >= 0.6 is 0 Å². The Morgan fingerprint density at radius 2 is 1.95 bits per heavy atom. The minimum absolute atomic E-state index is 0.211. The fraction of sp³-hybridized carbons (Fsp3) is 0.462. The molecule has 0 atom stereocenters. The molecule has 0 aliphatic carbocycles. The highest BCUT2D eigenvalue weighted by Crippen LogP contribution is 2.25. The van der Waals surface area contributed by atoms with E-state index in [2.05, 4.69) is 9.97 Å². The molecule has 0 saturated carbocycles. The number of allylic oxidation sites excluding steroid dienone is 1. The first-order valence-electron chi connectivity index (χ1n) is 6.33. The Morgan fingerprint density at radius 1 is 1.20 bits per heavy atom. The molecular weight excluding hydrogens is 271 g/mol. The summed E-state index contributed by atoms with van der Waals surface area (Å²) in [5.74, 6) is -1.76. The lowest BCUT2D eigenvalue weighted by Crippen LogP contribution is -2.34. The average molecular weight is 285 g/mol. The van der Waals surface area contributed by atoms with Crippen molar-refractivity contribution in [2.24, 2.45) is 0 Å². The van der Waals surface area contributed by atoms with Crippen molar-refractivity contribution in [1.29, 1.82) is 0 Å². The van der Waals surface area contributed by atoms with Crippen molar-refractivity contribution in [3.05, 3.63) is 35.9 Å². The summed E-state index contributed by atoms with van der Waals surface area (Å²) in [6, 6.07) is 1.21. The van der Waals surface area contributed by atoms with Crippen LogP contribution in [0.5, 0.6) is 0 Å². The monoisotopic (exact) mass is 285 g/mol. The molecule has 0 bridgehead atoms. The van der Waals surface area contributed by atoms with Gasteiger partial charge in [-0.25, -0.2) is 9.97 Å². The van der Waals surface area contributed by atoms with E-state index in [1.165, 1.54) is 11.0 Å². The number of hydrogen-bond donors (Lipinski definition) is 0. The highest BCUT2D eigenvalue weighted by Gasteiger charge is 2.35. The zero-order valence-electron chi connectivity index (χ0n) is 10.7. The molecule has 1 amide bonds. The van der Waals surface area contributed by atoms with Gasteiger partial charge in [0.15, 0.2) is 0 Å². The van der Waals surface area contributed by atoms with Gasteiger partial charge in [-0.1, -0.05) is 12.2 Å². The summed E-state index contributed by atoms with van der Waals surface area (Å²) in [6.07, 6.45) is 2.70. The zero-order valence-corrected chi connectivity index (χ0v) is 10.7. The molecule has 1 aliphatic rings. The molecule has 7 heteroatoms. The second kappa shape index (κ2) is 6.02. The lowest BCUT2D eigenvalue weighted by Gasteiger charge is -2.23. The summed E-state index contributed by atoms with van der Waals surface area (Å²) in [5.41, 5.74) is -0.211. The van der Waals surface area contributed by atoms with E-state index in [9.17, 15) is 18.0 Å². The van der Waals surface area contributed by atoms with E-state index in [1.807, 2.05) is 12.2 Å². The number of carbonyl (C=O) groups is 1. The molecule has 0 spiro atoms. The van der Waals surface area contributed by atoms with Crippen LogP contribution in [0.25, 0.3) is 0 Å². The number of alkyl halides is 3. The summed E-state index contributed by atoms with van der Waals surface area (Å²) in [5, 5.41) is 0. The Hall–Kier alpha value is -1.92. The molecule has 2 heterocycles. The third-order valence-electron chi connectivity index (χ3n) is 2.95. The number of halogens is 3. The van der Waals surface area contributed by atoms with Crippen molar-refractivity contribution in [2.75, 3.05) is 13.1 Å². The van der Waals surface area contributed by atoms with Crippen LogP contribution in [-0.2, 0) is 6.18 Å². The largest absolute Gasteiger partial charge is 0.451 e. The van der Waals surface area contributed by atoms with Gasteiger partial charge in [-0.2, -0.15) is 13.2 Å². The summed E-state index contributed by atoms with van der Waals surface area (Å²) < 4.78 is 37.6. The fourth-order valence-corrected chi connectivity index (χ4v) is 1.96. The van der Waals surface area contributed by atoms with Crippen LogP contribution in [0.1, 0.15) is 35.6 Å². The van der Waals surface area contributed by atoms with Crippen LogP contribution in [0.4, 0.5) is 13.2 Å². The van der Waals surface area contributed by atoms with Gasteiger partial charge in [0.05, 0.1) is 0 Å². The molecule has 0 aromatic carbocycles. The maximum absolute atomic E-state index is 12.5. The molecular formula is C13H14F3N3O. The highest BCUT2D eigenvalue weighted by molar-refractivity contribution is 5.92. The molecule has 0 N–H and O–H groups in total. The number of hydrogen-bond acceptors (Lipinski definition) is 3. The van der Waals surface area contributed by atoms with Gasteiger partial charge in [-0.05, 0) is 25.3 Å². The van der Waals surface area contributed by atoms with Crippen LogP contribution in [0.2, 0.25) is 0 Å². The van der Waals surface area contributed by atoms with Crippen molar-refractivity contribution in [1.82, 2.24) is 14.9 Å². The number of rotatable bonds is 1. The Labute approximate surface area is 114 Å². The lowest BCUT2D eigenvalue weighted by atomic mass is 10.2. The van der Waals surface area contributed by atoms with Gasteiger partial charge in [-0.15, -0.1) is 0 Å². The van der Waals surface area contributed by atoms with E-state index < -0.39 is 17.9 Å². The number of nitrogens with zero attached hydrogens (tertiary/aromatic N) is 3. The molecule has 1 aromatic rings. The van der Waals surface area contributed by atoms with E-state index >= 15 is 0 Å². The Morgan fingerprint density at radius 3 is 2.70 bits per heavy atom. The molecule has 20 heavy (non-hydrogen) atoms. The minimum atomic E-state index is -4.64. The van der Waals surface area contributed by atoms with Crippen molar-refractivity contribution in [3.8, 4) is 0 Å². The maximum atomic E-state index is 12.5. The van der Waals surface area contributed by atoms with E-state index in [4.69, 9.17) is 0 Å². The molecule has 1 aliphatic heterocycles. The number of carbonyl (C=O) groups excluding carboxylic acids is 1. The molecule has 0 radical (unpaired) electrons. The third-order valence-corrected chi connectivity index (χ3v) is 2.95. The molecule has 0 unspecified atom stereocenters. The SMILES string of the molecule is O=C(c1ccnc(C(F)(F)F)n1)N1CC/C=C/CCC1. The first-order chi connectivity index (χ1) is 9.48. The number of aromatic nitrogens is 2. The van der Waals surface area contributed by atoms with Crippen LogP contribution in [0, 0.1) is 0 Å². The average Bonchev–Trinajstić information content (AvgIpc) is 2.37. The van der Waals surface area contributed by atoms with Gasteiger partial charge in [0, 0.05) is 19.3 Å². The van der Waals surface area contributed by atoms with E-state index in [0.29, 0.717) is 19.5 Å². The van der Waals surface area contributed by atoms with Gasteiger partial charge in [0.2, 0.25) is 5.82 Å². The van der Waals surface area contributed by atoms with Crippen molar-refractivity contribution >= 4 is 5.91 Å². The summed E-state index contributed by atoms with van der Waals surface area (Å²) in [4.78, 5) is 20.2. The van der Waals surface area contributed by atoms with Crippen LogP contribution in [-0.4, -0.2) is 33.9 Å². The molecule has 1 aromatic heterocycles. The summed E-state index contributed by atoms with van der Waals surface area (Å²) in [7, 11) is 0. The number of amides is 1. The quantitative estimate of drug-likeness (QED) is 0.745. The lowest BCUT2D eigenvalue weighted by molar-refractivity contribution is -0.145. The third kappa shape index (κ3) is 3.55. The zero-order chi connectivity index (χ0) is 14.6. The topological polar surface area (TPSA) is 46.1 Å². The second-order valence-corrected chi connectivity index (χ2v) is 4.46. The normalized spacial score (nSPS) is 18.2. The van der Waals surface area contributed by atoms with Crippen LogP contribution < -0.4 is 0 Å². The predicted octanol–water partition coefficient (Wildman–Crippen LogP) is 2.68. The van der Waals surface area contributed by atoms with E-state index in [1.54, 1.807) is 0 Å². The standard InChI is InChI=1S/C13H14F3N3O/c14-13(15,16)12-17-7-6-10(18-12)11(20)19-8-4-2-1-3-5-9-19/h1-2,6-7H,3-5,8-9H2/b2-1+. The summed E-state index contributed by atoms with van der Waals surface area (Å²) in [6.45, 7) is 1.01. The van der Waals surface area contributed by atoms with Gasteiger partial charge in [-0.3, -0.25) is 4.79 Å². The predicted molar refractivity (Wildman–Crippen MR) is 65.9 cm³/mol. The van der Waals surface area contributed by atoms with Crippen molar-refractivity contribution < 1.29 is 18.0 Å².